The summed E-state index contributed by atoms with van der Waals surface area (Å²) in [5.74, 6) is 0.999. The van der Waals surface area contributed by atoms with E-state index in [-0.39, 0.29) is 0 Å². The lowest BCUT2D eigenvalue weighted by Crippen LogP contribution is -2.24. The van der Waals surface area contributed by atoms with Crippen LogP contribution in [0.25, 0.3) is 11.3 Å². The zero-order valence-corrected chi connectivity index (χ0v) is 12.6. The van der Waals surface area contributed by atoms with Crippen molar-refractivity contribution in [1.29, 1.82) is 0 Å². The van der Waals surface area contributed by atoms with Gasteiger partial charge in [-0.25, -0.2) is 0 Å². The van der Waals surface area contributed by atoms with E-state index in [1.54, 1.807) is 12.1 Å². The lowest BCUT2D eigenvalue weighted by molar-refractivity contribution is 0.110. The Morgan fingerprint density at radius 2 is 1.81 bits per heavy atom. The van der Waals surface area contributed by atoms with Crippen molar-refractivity contribution in [2.45, 2.75) is 25.7 Å². The summed E-state index contributed by atoms with van der Waals surface area (Å²) in [7, 11) is 0. The molecule has 3 rings (SSSR count). The molecule has 21 heavy (non-hydrogen) atoms. The highest BCUT2D eigenvalue weighted by Crippen LogP contribution is 2.33. The smallest absolute Gasteiger partial charge is 0.185 e. The number of aldehydes is 1. The minimum absolute atomic E-state index is 0.331. The fraction of sp³-hybridized carbons (Fsp3) is 0.353. The van der Waals surface area contributed by atoms with Gasteiger partial charge in [0.05, 0.1) is 10.7 Å². The van der Waals surface area contributed by atoms with Crippen molar-refractivity contribution in [3.05, 3.63) is 41.1 Å². The molecule has 1 fully saturated rings. The first-order chi connectivity index (χ1) is 10.3. The lowest BCUT2D eigenvalue weighted by atomic mass is 10.1. The van der Waals surface area contributed by atoms with Gasteiger partial charge >= 0.3 is 0 Å². The lowest BCUT2D eigenvalue weighted by Gasteiger charge is -2.24. The number of hydrogen-bond donors (Lipinski definition) is 0. The highest BCUT2D eigenvalue weighted by molar-refractivity contribution is 6.33. The van der Waals surface area contributed by atoms with Gasteiger partial charge in [0.2, 0.25) is 0 Å². The molecule has 1 aromatic heterocycles. The monoisotopic (exact) mass is 303 g/mol. The highest BCUT2D eigenvalue weighted by atomic mass is 35.5. The van der Waals surface area contributed by atoms with E-state index in [1.807, 2.05) is 18.2 Å². The van der Waals surface area contributed by atoms with Crippen molar-refractivity contribution in [1.82, 2.24) is 0 Å². The third-order valence-electron chi connectivity index (χ3n) is 3.92. The van der Waals surface area contributed by atoms with Crippen molar-refractivity contribution in [3.8, 4) is 11.3 Å². The summed E-state index contributed by atoms with van der Waals surface area (Å²) in [6.45, 7) is 2.13. The van der Waals surface area contributed by atoms with E-state index in [2.05, 4.69) is 4.90 Å². The Bertz CT molecular complexity index is 627. The number of halogens is 1. The normalized spacial score (nSPS) is 15.8. The SMILES string of the molecule is O=Cc1ccc(-c2ccc(N3CCCCCC3)c(Cl)c2)o1. The maximum Gasteiger partial charge on any atom is 0.185 e. The molecule has 1 aromatic carbocycles. The largest absolute Gasteiger partial charge is 0.453 e. The molecule has 2 heterocycles. The van der Waals surface area contributed by atoms with E-state index < -0.39 is 0 Å². The zero-order chi connectivity index (χ0) is 14.7. The van der Waals surface area contributed by atoms with Crippen LogP contribution in [0.2, 0.25) is 5.02 Å². The second kappa shape index (κ2) is 6.35. The molecule has 0 aliphatic carbocycles. The van der Waals surface area contributed by atoms with Gasteiger partial charge in [-0.15, -0.1) is 0 Å². The van der Waals surface area contributed by atoms with Gasteiger partial charge in [-0.2, -0.15) is 0 Å². The van der Waals surface area contributed by atoms with Gasteiger partial charge in [0, 0.05) is 18.7 Å². The molecule has 0 saturated carbocycles. The van der Waals surface area contributed by atoms with Gasteiger partial charge in [0.25, 0.3) is 0 Å². The summed E-state index contributed by atoms with van der Waals surface area (Å²) >= 11 is 6.45. The van der Waals surface area contributed by atoms with Crippen LogP contribution >= 0.6 is 11.6 Å². The first-order valence-electron chi connectivity index (χ1n) is 7.38. The quantitative estimate of drug-likeness (QED) is 0.764. The average molecular weight is 304 g/mol. The fourth-order valence-electron chi connectivity index (χ4n) is 2.80. The molecule has 0 unspecified atom stereocenters. The molecule has 0 amide bonds. The van der Waals surface area contributed by atoms with Crippen LogP contribution in [0.15, 0.2) is 34.7 Å². The van der Waals surface area contributed by atoms with E-state index in [0.717, 1.165) is 29.4 Å². The van der Waals surface area contributed by atoms with Crippen LogP contribution in [0.3, 0.4) is 0 Å². The molecule has 4 heteroatoms. The molecule has 0 N–H and O–H groups in total. The van der Waals surface area contributed by atoms with Crippen molar-refractivity contribution < 1.29 is 9.21 Å². The van der Waals surface area contributed by atoms with E-state index >= 15 is 0 Å². The third kappa shape index (κ3) is 3.13. The van der Waals surface area contributed by atoms with Crippen LogP contribution < -0.4 is 4.90 Å². The van der Waals surface area contributed by atoms with Crippen LogP contribution in [0.4, 0.5) is 5.69 Å². The van der Waals surface area contributed by atoms with Crippen LogP contribution in [-0.2, 0) is 0 Å². The Hall–Kier alpha value is -1.74. The van der Waals surface area contributed by atoms with Gasteiger partial charge < -0.3 is 9.32 Å². The van der Waals surface area contributed by atoms with Crippen LogP contribution in [0, 0.1) is 0 Å². The van der Waals surface area contributed by atoms with E-state index in [0.29, 0.717) is 17.8 Å². The van der Waals surface area contributed by atoms with Crippen LogP contribution in [0.5, 0.6) is 0 Å². The van der Waals surface area contributed by atoms with E-state index in [9.17, 15) is 4.79 Å². The second-order valence-electron chi connectivity index (χ2n) is 5.39. The van der Waals surface area contributed by atoms with Crippen molar-refractivity contribution >= 4 is 23.6 Å². The molecule has 0 spiro atoms. The maximum atomic E-state index is 10.7. The predicted molar refractivity (Wildman–Crippen MR) is 85.2 cm³/mol. The third-order valence-corrected chi connectivity index (χ3v) is 4.22. The fourth-order valence-corrected chi connectivity index (χ4v) is 3.10. The molecular weight excluding hydrogens is 286 g/mol. The second-order valence-corrected chi connectivity index (χ2v) is 5.79. The van der Waals surface area contributed by atoms with Gasteiger partial charge in [0.15, 0.2) is 12.0 Å². The number of carbonyl (C=O) groups is 1. The predicted octanol–water partition coefficient (Wildman–Crippen LogP) is 4.79. The Kier molecular flexibility index (Phi) is 4.30. The number of furan rings is 1. The van der Waals surface area contributed by atoms with Gasteiger partial charge in [-0.1, -0.05) is 24.4 Å². The zero-order valence-electron chi connectivity index (χ0n) is 11.8. The maximum absolute atomic E-state index is 10.7. The van der Waals surface area contributed by atoms with Gasteiger partial charge in [-0.3, -0.25) is 4.79 Å². The Morgan fingerprint density at radius 1 is 1.05 bits per heavy atom. The number of hydrogen-bond acceptors (Lipinski definition) is 3. The Balaban J connectivity index is 1.86. The first kappa shape index (κ1) is 14.2. The molecule has 1 aliphatic heterocycles. The Labute approximate surface area is 129 Å². The average Bonchev–Trinajstić information content (AvgIpc) is 2.82. The highest BCUT2D eigenvalue weighted by Gasteiger charge is 2.14. The topological polar surface area (TPSA) is 33.5 Å². The van der Waals surface area contributed by atoms with Gasteiger partial charge in [0.1, 0.15) is 5.76 Å². The molecule has 0 bridgehead atoms. The molecular formula is C17H18ClNO2. The minimum atomic E-state index is 0.331. The number of rotatable bonds is 3. The summed E-state index contributed by atoms with van der Waals surface area (Å²) in [6, 6.07) is 9.42. The summed E-state index contributed by atoms with van der Waals surface area (Å²) in [6.07, 6.45) is 5.74. The number of nitrogens with zero attached hydrogens (tertiary/aromatic N) is 1. The molecule has 3 nitrogen and oxygen atoms in total. The van der Waals surface area contributed by atoms with E-state index in [4.69, 9.17) is 16.0 Å². The number of benzene rings is 1. The molecule has 0 atom stereocenters. The standard InChI is InChI=1S/C17H18ClNO2/c18-15-11-13(17-8-6-14(12-20)21-17)5-7-16(15)19-9-3-1-2-4-10-19/h5-8,11-12H,1-4,9-10H2. The van der Waals surface area contributed by atoms with E-state index in [1.165, 1.54) is 25.7 Å². The van der Waals surface area contributed by atoms with Crippen molar-refractivity contribution in [2.75, 3.05) is 18.0 Å². The Morgan fingerprint density at radius 3 is 2.43 bits per heavy atom. The summed E-state index contributed by atoms with van der Waals surface area (Å²) in [5.41, 5.74) is 1.98. The van der Waals surface area contributed by atoms with Crippen LogP contribution in [-0.4, -0.2) is 19.4 Å². The molecule has 1 aliphatic rings. The molecule has 110 valence electrons. The summed E-state index contributed by atoms with van der Waals surface area (Å²) < 4.78 is 5.44. The number of carbonyl (C=O) groups excluding carboxylic acids is 1. The van der Waals surface area contributed by atoms with Crippen molar-refractivity contribution in [2.24, 2.45) is 0 Å². The molecule has 1 saturated heterocycles. The number of anilines is 1. The van der Waals surface area contributed by atoms with Gasteiger partial charge in [-0.05, 0) is 43.2 Å². The van der Waals surface area contributed by atoms with Crippen LogP contribution in [0.1, 0.15) is 36.2 Å². The minimum Gasteiger partial charge on any atom is -0.453 e. The molecule has 0 radical (unpaired) electrons. The molecule has 2 aromatic rings. The summed E-state index contributed by atoms with van der Waals surface area (Å²) in [4.78, 5) is 13.0. The summed E-state index contributed by atoms with van der Waals surface area (Å²) in [5, 5.41) is 0.735. The van der Waals surface area contributed by atoms with Crippen molar-refractivity contribution in [3.63, 3.8) is 0 Å². The first-order valence-corrected chi connectivity index (χ1v) is 7.75.